The Kier molecular flexibility index (Phi) is 4.94. The summed E-state index contributed by atoms with van der Waals surface area (Å²) in [5.74, 6) is 0. The third kappa shape index (κ3) is 3.55. The second kappa shape index (κ2) is 8.04. The smallest absolute Gasteiger partial charge is 0.161 e. The fourth-order valence-electron chi connectivity index (χ4n) is 3.74. The topological polar surface area (TPSA) is 76.1 Å². The molecule has 1 saturated heterocycles. The van der Waals surface area contributed by atoms with Gasteiger partial charge in [-0.1, -0.05) is 6.07 Å². The second-order valence-corrected chi connectivity index (χ2v) is 7.21. The number of rotatable bonds is 4. The summed E-state index contributed by atoms with van der Waals surface area (Å²) >= 11 is 0. The molecule has 5 heterocycles. The average Bonchev–Trinajstić information content (AvgIpc) is 2.82. The molecule has 5 rings (SSSR count). The predicted octanol–water partition coefficient (Wildman–Crippen LogP) is 3.98. The van der Waals surface area contributed by atoms with Crippen molar-refractivity contribution in [2.24, 2.45) is 0 Å². The van der Waals surface area contributed by atoms with E-state index >= 15 is 0 Å². The van der Waals surface area contributed by atoms with E-state index in [-0.39, 0.29) is 0 Å². The van der Waals surface area contributed by atoms with Gasteiger partial charge < -0.3 is 15.0 Å². The van der Waals surface area contributed by atoms with E-state index in [4.69, 9.17) is 9.72 Å². The number of morpholine rings is 1. The van der Waals surface area contributed by atoms with Gasteiger partial charge in [-0.05, 0) is 37.3 Å². The number of aromatic nitrogens is 4. The maximum Gasteiger partial charge on any atom is 0.161 e. The molecule has 0 saturated carbocycles. The zero-order valence-corrected chi connectivity index (χ0v) is 16.7. The van der Waals surface area contributed by atoms with E-state index in [0.29, 0.717) is 5.65 Å². The number of hydrogen-bond acceptors (Lipinski definition) is 7. The summed E-state index contributed by atoms with van der Waals surface area (Å²) in [6, 6.07) is 11.9. The molecule has 0 spiro atoms. The van der Waals surface area contributed by atoms with Crippen LogP contribution in [0, 0.1) is 6.92 Å². The summed E-state index contributed by atoms with van der Waals surface area (Å²) in [4.78, 5) is 20.5. The fraction of sp³-hybridized carbons (Fsp3) is 0.217. The summed E-state index contributed by atoms with van der Waals surface area (Å²) in [7, 11) is 0. The Hall–Kier alpha value is -3.58. The van der Waals surface area contributed by atoms with Crippen LogP contribution in [0.3, 0.4) is 0 Å². The van der Waals surface area contributed by atoms with Gasteiger partial charge in [-0.2, -0.15) is 0 Å². The van der Waals surface area contributed by atoms with Crippen molar-refractivity contribution in [3.63, 3.8) is 0 Å². The first-order valence-corrected chi connectivity index (χ1v) is 10.0. The molecule has 150 valence electrons. The van der Waals surface area contributed by atoms with Crippen LogP contribution in [0.15, 0.2) is 61.2 Å². The largest absolute Gasteiger partial charge is 0.378 e. The minimum atomic E-state index is 0.684. The molecule has 1 N–H and O–H groups in total. The zero-order valence-electron chi connectivity index (χ0n) is 16.7. The van der Waals surface area contributed by atoms with Crippen LogP contribution in [0.4, 0.5) is 17.1 Å². The van der Waals surface area contributed by atoms with Crippen LogP contribution in [-0.2, 0) is 4.74 Å². The first-order chi connectivity index (χ1) is 14.8. The average molecular weight is 398 g/mol. The molecule has 1 aliphatic rings. The number of fused-ring (bicyclic) bond motifs is 1. The number of ether oxygens (including phenoxy) is 1. The molecule has 0 amide bonds. The number of nitrogens with zero attached hydrogens (tertiary/aromatic N) is 5. The van der Waals surface area contributed by atoms with Gasteiger partial charge in [-0.15, -0.1) is 0 Å². The second-order valence-electron chi connectivity index (χ2n) is 7.21. The van der Waals surface area contributed by atoms with Crippen LogP contribution in [0.1, 0.15) is 5.56 Å². The molecular formula is C23H22N6O. The SMILES string of the molecule is Cc1c(-c2ccccn2)nc2ncccc2c1Nc1cncc(N2CCOCC2)c1. The molecule has 7 heteroatoms. The molecule has 4 aromatic heterocycles. The van der Waals surface area contributed by atoms with E-state index in [0.717, 1.165) is 65.7 Å². The Morgan fingerprint density at radius 1 is 1.00 bits per heavy atom. The first-order valence-electron chi connectivity index (χ1n) is 10.0. The van der Waals surface area contributed by atoms with E-state index in [1.807, 2.05) is 42.7 Å². The van der Waals surface area contributed by atoms with Crippen molar-refractivity contribution in [2.75, 3.05) is 36.5 Å². The quantitative estimate of drug-likeness (QED) is 0.557. The lowest BCUT2D eigenvalue weighted by Crippen LogP contribution is -2.36. The lowest BCUT2D eigenvalue weighted by molar-refractivity contribution is 0.122. The molecule has 0 unspecified atom stereocenters. The molecule has 0 atom stereocenters. The van der Waals surface area contributed by atoms with E-state index in [9.17, 15) is 0 Å². The van der Waals surface area contributed by atoms with Gasteiger partial charge in [0.1, 0.15) is 0 Å². The minimum Gasteiger partial charge on any atom is -0.378 e. The van der Waals surface area contributed by atoms with E-state index in [1.165, 1.54) is 0 Å². The predicted molar refractivity (Wildman–Crippen MR) is 118 cm³/mol. The molecular weight excluding hydrogens is 376 g/mol. The highest BCUT2D eigenvalue weighted by Gasteiger charge is 2.16. The maximum absolute atomic E-state index is 5.47. The fourth-order valence-corrected chi connectivity index (χ4v) is 3.74. The lowest BCUT2D eigenvalue weighted by atomic mass is 10.1. The Morgan fingerprint density at radius 3 is 2.70 bits per heavy atom. The third-order valence-corrected chi connectivity index (χ3v) is 5.28. The van der Waals surface area contributed by atoms with Crippen LogP contribution in [0.2, 0.25) is 0 Å². The minimum absolute atomic E-state index is 0.684. The Bertz CT molecular complexity index is 1170. The number of hydrogen-bond donors (Lipinski definition) is 1. The zero-order chi connectivity index (χ0) is 20.3. The Balaban J connectivity index is 1.58. The molecule has 30 heavy (non-hydrogen) atoms. The van der Waals surface area contributed by atoms with Crippen LogP contribution < -0.4 is 10.2 Å². The summed E-state index contributed by atoms with van der Waals surface area (Å²) in [6.45, 7) is 5.28. The first kappa shape index (κ1) is 18.4. The number of pyridine rings is 4. The van der Waals surface area contributed by atoms with Crippen molar-refractivity contribution >= 4 is 28.1 Å². The van der Waals surface area contributed by atoms with E-state index < -0.39 is 0 Å². The molecule has 7 nitrogen and oxygen atoms in total. The number of anilines is 3. The summed E-state index contributed by atoms with van der Waals surface area (Å²) in [5.41, 5.74) is 6.32. The van der Waals surface area contributed by atoms with Gasteiger partial charge in [-0.3, -0.25) is 9.97 Å². The molecule has 1 aliphatic heterocycles. The van der Waals surface area contributed by atoms with Gasteiger partial charge >= 0.3 is 0 Å². The van der Waals surface area contributed by atoms with E-state index in [1.54, 1.807) is 12.4 Å². The maximum atomic E-state index is 5.47. The standard InChI is InChI=1S/C23H22N6O/c1-16-21(27-17-13-18(15-24-14-17)29-9-11-30-12-10-29)19-5-4-8-26-23(19)28-22(16)20-6-2-3-7-25-20/h2-8,13-15H,9-12H2,1H3,(H,26,27,28). The van der Waals surface area contributed by atoms with Crippen molar-refractivity contribution in [2.45, 2.75) is 6.92 Å². The van der Waals surface area contributed by atoms with Crippen LogP contribution in [0.25, 0.3) is 22.4 Å². The summed E-state index contributed by atoms with van der Waals surface area (Å²) < 4.78 is 5.47. The molecule has 0 radical (unpaired) electrons. The number of nitrogens with one attached hydrogen (secondary N) is 1. The Labute approximate surface area is 174 Å². The van der Waals surface area contributed by atoms with Gasteiger partial charge in [0.05, 0.1) is 54.1 Å². The van der Waals surface area contributed by atoms with Gasteiger partial charge in [0.25, 0.3) is 0 Å². The third-order valence-electron chi connectivity index (χ3n) is 5.28. The summed E-state index contributed by atoms with van der Waals surface area (Å²) in [5, 5.41) is 4.54. The highest BCUT2D eigenvalue weighted by molar-refractivity contribution is 5.95. The van der Waals surface area contributed by atoms with Crippen molar-refractivity contribution in [3.8, 4) is 11.4 Å². The van der Waals surface area contributed by atoms with E-state index in [2.05, 4.69) is 38.2 Å². The van der Waals surface area contributed by atoms with Crippen LogP contribution in [-0.4, -0.2) is 46.2 Å². The molecule has 4 aromatic rings. The lowest BCUT2D eigenvalue weighted by Gasteiger charge is -2.28. The molecule has 1 fully saturated rings. The van der Waals surface area contributed by atoms with Crippen LogP contribution in [0.5, 0.6) is 0 Å². The van der Waals surface area contributed by atoms with Gasteiger partial charge in [0, 0.05) is 36.4 Å². The van der Waals surface area contributed by atoms with Gasteiger partial charge in [0.15, 0.2) is 5.65 Å². The summed E-state index contributed by atoms with van der Waals surface area (Å²) in [6.07, 6.45) is 7.28. The highest BCUT2D eigenvalue weighted by Crippen LogP contribution is 2.34. The van der Waals surface area contributed by atoms with Crippen molar-refractivity contribution in [1.29, 1.82) is 0 Å². The monoisotopic (exact) mass is 398 g/mol. The normalized spacial score (nSPS) is 14.1. The highest BCUT2D eigenvalue weighted by atomic mass is 16.5. The Morgan fingerprint density at radius 2 is 1.87 bits per heavy atom. The van der Waals surface area contributed by atoms with Crippen LogP contribution >= 0.6 is 0 Å². The van der Waals surface area contributed by atoms with Crippen molar-refractivity contribution in [1.82, 2.24) is 19.9 Å². The molecule has 0 aliphatic carbocycles. The molecule has 0 bridgehead atoms. The van der Waals surface area contributed by atoms with Gasteiger partial charge in [0.2, 0.25) is 0 Å². The molecule has 0 aromatic carbocycles. The van der Waals surface area contributed by atoms with Crippen molar-refractivity contribution in [3.05, 3.63) is 66.7 Å². The van der Waals surface area contributed by atoms with Crippen molar-refractivity contribution < 1.29 is 4.74 Å². The van der Waals surface area contributed by atoms with Gasteiger partial charge in [-0.25, -0.2) is 9.97 Å².